The van der Waals surface area contributed by atoms with Crippen molar-refractivity contribution in [1.29, 1.82) is 0 Å². The Bertz CT molecular complexity index is 290. The first-order valence-electron chi connectivity index (χ1n) is 3.98. The molecule has 0 aliphatic rings. The molecular weight excluding hydrogens is 168 g/mol. The molecule has 0 aromatic carbocycles. The topological polar surface area (TPSA) is 82.3 Å². The van der Waals surface area contributed by atoms with Gasteiger partial charge in [-0.1, -0.05) is 0 Å². The van der Waals surface area contributed by atoms with E-state index in [1.807, 2.05) is 6.07 Å². The number of aromatic amines is 2. The molecule has 2 aromatic heterocycles. The van der Waals surface area contributed by atoms with Crippen LogP contribution in [0.25, 0.3) is 0 Å². The summed E-state index contributed by atoms with van der Waals surface area (Å²) >= 11 is 0. The summed E-state index contributed by atoms with van der Waals surface area (Å²) in [5, 5.41) is 16.4. The summed E-state index contributed by atoms with van der Waals surface area (Å²) in [4.78, 5) is 3.98. The fourth-order valence-corrected chi connectivity index (χ4v) is 1.01. The maximum absolute atomic E-state index is 3.98. The lowest BCUT2D eigenvalue weighted by molar-refractivity contribution is 0.652. The van der Waals surface area contributed by atoms with Gasteiger partial charge in [-0.15, -0.1) is 0 Å². The third-order valence-electron chi connectivity index (χ3n) is 1.63. The van der Waals surface area contributed by atoms with Crippen molar-refractivity contribution in [2.75, 3.05) is 0 Å². The zero-order valence-corrected chi connectivity index (χ0v) is 6.99. The molecule has 0 spiro atoms. The van der Waals surface area contributed by atoms with Crippen LogP contribution in [0.3, 0.4) is 0 Å². The van der Waals surface area contributed by atoms with Crippen molar-refractivity contribution in [3.63, 3.8) is 0 Å². The van der Waals surface area contributed by atoms with E-state index in [0.717, 1.165) is 18.1 Å². The van der Waals surface area contributed by atoms with Crippen LogP contribution in [0, 0.1) is 0 Å². The maximum Gasteiger partial charge on any atom is 0.138 e. The van der Waals surface area contributed by atoms with Crippen LogP contribution in [0.1, 0.15) is 11.5 Å². The summed E-state index contributed by atoms with van der Waals surface area (Å²) in [5.74, 6) is 0.833. The SMILES string of the molecule is c1cc(CNCc2ncn[nH]2)[nH]n1. The Morgan fingerprint density at radius 2 is 2.23 bits per heavy atom. The third kappa shape index (κ3) is 2.12. The quantitative estimate of drug-likeness (QED) is 0.606. The number of H-pyrrole nitrogens is 2. The molecule has 2 heterocycles. The molecule has 13 heavy (non-hydrogen) atoms. The Labute approximate surface area is 74.8 Å². The van der Waals surface area contributed by atoms with E-state index in [1.54, 1.807) is 6.20 Å². The van der Waals surface area contributed by atoms with Gasteiger partial charge in [-0.2, -0.15) is 10.2 Å². The van der Waals surface area contributed by atoms with E-state index in [9.17, 15) is 0 Å². The van der Waals surface area contributed by atoms with Crippen LogP contribution in [0.4, 0.5) is 0 Å². The number of rotatable bonds is 4. The van der Waals surface area contributed by atoms with E-state index in [-0.39, 0.29) is 0 Å². The molecule has 0 aliphatic carbocycles. The second-order valence-corrected chi connectivity index (χ2v) is 2.62. The lowest BCUT2D eigenvalue weighted by atomic mass is 10.4. The zero-order chi connectivity index (χ0) is 8.93. The minimum Gasteiger partial charge on any atom is -0.304 e. The monoisotopic (exact) mass is 178 g/mol. The van der Waals surface area contributed by atoms with Gasteiger partial charge in [0.15, 0.2) is 0 Å². The average Bonchev–Trinajstić information content (AvgIpc) is 2.75. The molecule has 0 saturated heterocycles. The van der Waals surface area contributed by atoms with E-state index in [1.165, 1.54) is 6.33 Å². The van der Waals surface area contributed by atoms with Gasteiger partial charge in [-0.25, -0.2) is 4.98 Å². The number of aromatic nitrogens is 5. The summed E-state index contributed by atoms with van der Waals surface area (Å²) < 4.78 is 0. The highest BCUT2D eigenvalue weighted by molar-refractivity contribution is 4.96. The molecule has 0 aliphatic heterocycles. The zero-order valence-electron chi connectivity index (χ0n) is 6.99. The lowest BCUT2D eigenvalue weighted by Gasteiger charge is -1.98. The molecule has 0 radical (unpaired) electrons. The van der Waals surface area contributed by atoms with Gasteiger partial charge in [-0.05, 0) is 6.07 Å². The van der Waals surface area contributed by atoms with Crippen LogP contribution in [0.2, 0.25) is 0 Å². The van der Waals surface area contributed by atoms with E-state index < -0.39 is 0 Å². The van der Waals surface area contributed by atoms with Gasteiger partial charge >= 0.3 is 0 Å². The van der Waals surface area contributed by atoms with Crippen LogP contribution in [0.5, 0.6) is 0 Å². The van der Waals surface area contributed by atoms with Crippen molar-refractivity contribution in [2.45, 2.75) is 13.1 Å². The second-order valence-electron chi connectivity index (χ2n) is 2.62. The van der Waals surface area contributed by atoms with Gasteiger partial charge in [0.2, 0.25) is 0 Å². The van der Waals surface area contributed by atoms with Gasteiger partial charge < -0.3 is 5.32 Å². The Morgan fingerprint density at radius 3 is 2.92 bits per heavy atom. The molecule has 6 nitrogen and oxygen atoms in total. The molecule has 2 rings (SSSR count). The van der Waals surface area contributed by atoms with Crippen LogP contribution >= 0.6 is 0 Å². The molecule has 0 atom stereocenters. The molecule has 0 fully saturated rings. The Kier molecular flexibility index (Phi) is 2.33. The van der Waals surface area contributed by atoms with Crippen molar-refractivity contribution in [1.82, 2.24) is 30.7 Å². The maximum atomic E-state index is 3.98. The average molecular weight is 178 g/mol. The van der Waals surface area contributed by atoms with Crippen LogP contribution in [0.15, 0.2) is 18.6 Å². The van der Waals surface area contributed by atoms with Gasteiger partial charge in [0.05, 0.1) is 6.54 Å². The summed E-state index contributed by atoms with van der Waals surface area (Å²) in [6.45, 7) is 1.43. The molecular formula is C7H10N6. The predicted molar refractivity (Wildman–Crippen MR) is 45.5 cm³/mol. The number of nitrogens with zero attached hydrogens (tertiary/aromatic N) is 3. The molecule has 0 bridgehead atoms. The highest BCUT2D eigenvalue weighted by Gasteiger charge is 1.95. The normalized spacial score (nSPS) is 10.5. The fourth-order valence-electron chi connectivity index (χ4n) is 1.01. The van der Waals surface area contributed by atoms with Gasteiger partial charge in [0.1, 0.15) is 12.2 Å². The van der Waals surface area contributed by atoms with Gasteiger partial charge in [-0.3, -0.25) is 10.2 Å². The molecule has 6 heteroatoms. The first-order valence-corrected chi connectivity index (χ1v) is 3.98. The molecule has 0 amide bonds. The Hall–Kier alpha value is -1.69. The minimum absolute atomic E-state index is 0.680. The van der Waals surface area contributed by atoms with E-state index in [0.29, 0.717) is 6.54 Å². The first-order chi connectivity index (χ1) is 6.45. The van der Waals surface area contributed by atoms with Crippen LogP contribution in [-0.2, 0) is 13.1 Å². The van der Waals surface area contributed by atoms with E-state index in [2.05, 4.69) is 30.7 Å². The van der Waals surface area contributed by atoms with Crippen molar-refractivity contribution in [3.8, 4) is 0 Å². The summed E-state index contributed by atoms with van der Waals surface area (Å²) in [7, 11) is 0. The number of hydrogen-bond donors (Lipinski definition) is 3. The summed E-state index contributed by atoms with van der Waals surface area (Å²) in [5.41, 5.74) is 1.06. The summed E-state index contributed by atoms with van der Waals surface area (Å²) in [6, 6.07) is 1.92. The predicted octanol–water partition coefficient (Wildman–Crippen LogP) is -0.182. The van der Waals surface area contributed by atoms with Crippen molar-refractivity contribution >= 4 is 0 Å². The largest absolute Gasteiger partial charge is 0.304 e. The van der Waals surface area contributed by atoms with Gasteiger partial charge in [0, 0.05) is 18.4 Å². The number of nitrogens with one attached hydrogen (secondary N) is 3. The third-order valence-corrected chi connectivity index (χ3v) is 1.63. The molecule has 0 unspecified atom stereocenters. The molecule has 3 N–H and O–H groups in total. The Balaban J connectivity index is 1.76. The van der Waals surface area contributed by atoms with E-state index >= 15 is 0 Å². The molecule has 0 saturated carbocycles. The highest BCUT2D eigenvalue weighted by atomic mass is 15.2. The van der Waals surface area contributed by atoms with Crippen molar-refractivity contribution in [3.05, 3.63) is 30.1 Å². The van der Waals surface area contributed by atoms with Crippen molar-refractivity contribution < 1.29 is 0 Å². The smallest absolute Gasteiger partial charge is 0.138 e. The van der Waals surface area contributed by atoms with Crippen molar-refractivity contribution in [2.24, 2.45) is 0 Å². The summed E-state index contributed by atoms with van der Waals surface area (Å²) in [6.07, 6.45) is 3.22. The minimum atomic E-state index is 0.680. The molecule has 2 aromatic rings. The fraction of sp³-hybridized carbons (Fsp3) is 0.286. The highest BCUT2D eigenvalue weighted by Crippen LogP contribution is 1.91. The van der Waals surface area contributed by atoms with E-state index in [4.69, 9.17) is 0 Å². The lowest BCUT2D eigenvalue weighted by Crippen LogP contribution is -2.13. The standard InChI is InChI=1S/C7H10N6/c1-2-10-12-6(1)3-8-4-7-9-5-11-13-7/h1-2,5,8H,3-4H2,(H,10,12)(H,9,11,13). The van der Waals surface area contributed by atoms with Crippen LogP contribution in [-0.4, -0.2) is 25.4 Å². The van der Waals surface area contributed by atoms with Gasteiger partial charge in [0.25, 0.3) is 0 Å². The molecule has 68 valence electrons. The second kappa shape index (κ2) is 3.81. The Morgan fingerprint density at radius 1 is 1.23 bits per heavy atom. The van der Waals surface area contributed by atoms with Crippen LogP contribution < -0.4 is 5.32 Å². The first kappa shape index (κ1) is 7.93. The number of hydrogen-bond acceptors (Lipinski definition) is 4.